The number of imidazole rings is 1. The summed E-state index contributed by atoms with van der Waals surface area (Å²) in [5.41, 5.74) is 3.24. The second kappa shape index (κ2) is 5.97. The molecular weight excluding hydrogens is 288 g/mol. The van der Waals surface area contributed by atoms with Gasteiger partial charge in [-0.15, -0.1) is 11.6 Å². The standard InChI is InChI=1S/C15H23ClN4O/c1-4-12-14-15(19(3)18-12)20(13(17-14)5-7-16)11-6-8-21-10(2)9-11/h10-11H,4-9H2,1-3H3. The topological polar surface area (TPSA) is 44.9 Å². The molecule has 3 rings (SSSR count). The molecule has 2 aromatic heterocycles. The van der Waals surface area contributed by atoms with E-state index in [1.807, 2.05) is 11.7 Å². The summed E-state index contributed by atoms with van der Waals surface area (Å²) in [5.74, 6) is 1.68. The quantitative estimate of drug-likeness (QED) is 0.816. The van der Waals surface area contributed by atoms with Gasteiger partial charge in [0.25, 0.3) is 0 Å². The number of aromatic nitrogens is 4. The highest BCUT2D eigenvalue weighted by Crippen LogP contribution is 2.31. The van der Waals surface area contributed by atoms with E-state index < -0.39 is 0 Å². The number of hydrogen-bond donors (Lipinski definition) is 0. The summed E-state index contributed by atoms with van der Waals surface area (Å²) in [6.45, 7) is 5.07. The van der Waals surface area contributed by atoms with Gasteiger partial charge in [0.05, 0.1) is 11.8 Å². The zero-order chi connectivity index (χ0) is 15.0. The van der Waals surface area contributed by atoms with E-state index in [1.54, 1.807) is 0 Å². The largest absolute Gasteiger partial charge is 0.378 e. The van der Waals surface area contributed by atoms with Gasteiger partial charge in [0.1, 0.15) is 11.3 Å². The Balaban J connectivity index is 2.13. The predicted molar refractivity (Wildman–Crippen MR) is 84.0 cm³/mol. The smallest absolute Gasteiger partial charge is 0.158 e. The highest BCUT2D eigenvalue weighted by Gasteiger charge is 2.27. The third-order valence-electron chi connectivity index (χ3n) is 4.29. The summed E-state index contributed by atoms with van der Waals surface area (Å²) in [6, 6.07) is 0.428. The third kappa shape index (κ3) is 2.57. The van der Waals surface area contributed by atoms with Crippen LogP contribution in [-0.2, 0) is 24.6 Å². The molecule has 1 saturated heterocycles. The average Bonchev–Trinajstić information content (AvgIpc) is 2.97. The van der Waals surface area contributed by atoms with Gasteiger partial charge in [-0.05, 0) is 26.2 Å². The molecule has 2 atom stereocenters. The van der Waals surface area contributed by atoms with Gasteiger partial charge in [0, 0.05) is 32.0 Å². The zero-order valence-electron chi connectivity index (χ0n) is 13.0. The number of aryl methyl sites for hydroxylation is 3. The second-order valence-electron chi connectivity index (χ2n) is 5.79. The summed E-state index contributed by atoms with van der Waals surface area (Å²) in [4.78, 5) is 4.85. The van der Waals surface area contributed by atoms with Crippen LogP contribution in [0.15, 0.2) is 0 Å². The molecule has 0 spiro atoms. The van der Waals surface area contributed by atoms with Gasteiger partial charge in [0.15, 0.2) is 5.65 Å². The minimum atomic E-state index is 0.295. The Morgan fingerprint density at radius 2 is 2.24 bits per heavy atom. The number of rotatable bonds is 4. The number of ether oxygens (including phenoxy) is 1. The fourth-order valence-corrected chi connectivity index (χ4v) is 3.51. The molecule has 0 radical (unpaired) electrons. The van der Waals surface area contributed by atoms with Crippen LogP contribution in [0.4, 0.5) is 0 Å². The van der Waals surface area contributed by atoms with Crippen LogP contribution in [0.25, 0.3) is 11.2 Å². The monoisotopic (exact) mass is 310 g/mol. The molecule has 2 aromatic rings. The summed E-state index contributed by atoms with van der Waals surface area (Å²) < 4.78 is 10.0. The summed E-state index contributed by atoms with van der Waals surface area (Å²) in [6.07, 6.45) is 4.04. The van der Waals surface area contributed by atoms with Crippen LogP contribution in [0.1, 0.15) is 44.2 Å². The van der Waals surface area contributed by atoms with Crippen molar-refractivity contribution in [2.75, 3.05) is 12.5 Å². The number of fused-ring (bicyclic) bond motifs is 1. The van der Waals surface area contributed by atoms with E-state index in [1.165, 1.54) is 0 Å². The van der Waals surface area contributed by atoms with Crippen molar-refractivity contribution < 1.29 is 4.74 Å². The van der Waals surface area contributed by atoms with Crippen molar-refractivity contribution in [2.45, 2.75) is 51.7 Å². The molecule has 0 aromatic carbocycles. The van der Waals surface area contributed by atoms with Crippen LogP contribution in [0.2, 0.25) is 0 Å². The Bertz CT molecular complexity index is 633. The lowest BCUT2D eigenvalue weighted by Crippen LogP contribution is -2.27. The Morgan fingerprint density at radius 3 is 2.90 bits per heavy atom. The summed E-state index contributed by atoms with van der Waals surface area (Å²) in [7, 11) is 2.01. The second-order valence-corrected chi connectivity index (χ2v) is 6.17. The maximum Gasteiger partial charge on any atom is 0.158 e. The van der Waals surface area contributed by atoms with Gasteiger partial charge in [-0.3, -0.25) is 4.68 Å². The summed E-state index contributed by atoms with van der Waals surface area (Å²) in [5, 5.41) is 4.61. The fourth-order valence-electron chi connectivity index (χ4n) is 3.34. The molecule has 0 saturated carbocycles. The normalized spacial score (nSPS) is 23.0. The van der Waals surface area contributed by atoms with Crippen LogP contribution < -0.4 is 0 Å². The molecule has 0 N–H and O–H groups in total. The van der Waals surface area contributed by atoms with Crippen molar-refractivity contribution in [3.8, 4) is 0 Å². The van der Waals surface area contributed by atoms with E-state index in [0.29, 0.717) is 18.0 Å². The highest BCUT2D eigenvalue weighted by molar-refractivity contribution is 6.17. The van der Waals surface area contributed by atoms with E-state index in [-0.39, 0.29) is 0 Å². The molecule has 6 heteroatoms. The third-order valence-corrected chi connectivity index (χ3v) is 4.47. The molecule has 3 heterocycles. The van der Waals surface area contributed by atoms with Gasteiger partial charge in [0.2, 0.25) is 0 Å². The number of alkyl halides is 1. The molecule has 1 aliphatic rings. The molecular formula is C15H23ClN4O. The molecule has 1 aliphatic heterocycles. The van der Waals surface area contributed by atoms with Crippen molar-refractivity contribution in [3.05, 3.63) is 11.5 Å². The van der Waals surface area contributed by atoms with Gasteiger partial charge in [-0.1, -0.05) is 6.92 Å². The van der Waals surface area contributed by atoms with Crippen molar-refractivity contribution in [2.24, 2.45) is 7.05 Å². The van der Waals surface area contributed by atoms with Crippen LogP contribution >= 0.6 is 11.6 Å². The Kier molecular flexibility index (Phi) is 4.22. The van der Waals surface area contributed by atoms with Crippen LogP contribution in [0, 0.1) is 0 Å². The number of nitrogens with zero attached hydrogens (tertiary/aromatic N) is 4. The van der Waals surface area contributed by atoms with Crippen LogP contribution in [0.3, 0.4) is 0 Å². The molecule has 21 heavy (non-hydrogen) atoms. The van der Waals surface area contributed by atoms with Crippen molar-refractivity contribution in [1.82, 2.24) is 19.3 Å². The molecule has 0 amide bonds. The Hall–Kier alpha value is -1.07. The zero-order valence-corrected chi connectivity index (χ0v) is 13.7. The molecule has 2 unspecified atom stereocenters. The predicted octanol–water partition coefficient (Wildman–Crippen LogP) is 2.85. The first-order chi connectivity index (χ1) is 10.2. The van der Waals surface area contributed by atoms with E-state index in [4.69, 9.17) is 21.3 Å². The number of hydrogen-bond acceptors (Lipinski definition) is 3. The van der Waals surface area contributed by atoms with Gasteiger partial charge >= 0.3 is 0 Å². The van der Waals surface area contributed by atoms with E-state index in [0.717, 1.165) is 55.0 Å². The first-order valence-electron chi connectivity index (χ1n) is 7.76. The lowest BCUT2D eigenvalue weighted by atomic mass is 10.0. The van der Waals surface area contributed by atoms with E-state index in [2.05, 4.69) is 23.5 Å². The molecule has 5 nitrogen and oxygen atoms in total. The van der Waals surface area contributed by atoms with Crippen molar-refractivity contribution in [3.63, 3.8) is 0 Å². The minimum absolute atomic E-state index is 0.295. The lowest BCUT2D eigenvalue weighted by molar-refractivity contribution is 0.00606. The SMILES string of the molecule is CCc1nn(C)c2c1nc(CCCl)n2C1CCOC(C)C1. The van der Waals surface area contributed by atoms with Crippen LogP contribution in [-0.4, -0.2) is 37.9 Å². The molecule has 1 fully saturated rings. The first kappa shape index (κ1) is 14.9. The van der Waals surface area contributed by atoms with E-state index >= 15 is 0 Å². The highest BCUT2D eigenvalue weighted by atomic mass is 35.5. The van der Waals surface area contributed by atoms with Gasteiger partial charge < -0.3 is 9.30 Å². The molecule has 116 valence electrons. The maximum atomic E-state index is 5.98. The Morgan fingerprint density at radius 1 is 1.43 bits per heavy atom. The Labute approximate surface area is 130 Å². The maximum absolute atomic E-state index is 5.98. The van der Waals surface area contributed by atoms with E-state index in [9.17, 15) is 0 Å². The van der Waals surface area contributed by atoms with Crippen molar-refractivity contribution >= 4 is 22.8 Å². The number of halogens is 1. The summed E-state index contributed by atoms with van der Waals surface area (Å²) >= 11 is 5.98. The minimum Gasteiger partial charge on any atom is -0.378 e. The van der Waals surface area contributed by atoms with Gasteiger partial charge in [-0.25, -0.2) is 4.98 Å². The molecule has 0 aliphatic carbocycles. The average molecular weight is 311 g/mol. The van der Waals surface area contributed by atoms with Crippen molar-refractivity contribution in [1.29, 1.82) is 0 Å². The van der Waals surface area contributed by atoms with Gasteiger partial charge in [-0.2, -0.15) is 5.10 Å². The van der Waals surface area contributed by atoms with Crippen LogP contribution in [0.5, 0.6) is 0 Å². The lowest BCUT2D eigenvalue weighted by Gasteiger charge is -2.29. The fraction of sp³-hybridized carbons (Fsp3) is 0.733. The molecule has 0 bridgehead atoms. The first-order valence-corrected chi connectivity index (χ1v) is 8.29.